The van der Waals surface area contributed by atoms with E-state index in [4.69, 9.17) is 11.6 Å². The van der Waals surface area contributed by atoms with E-state index in [0.717, 1.165) is 10.9 Å². The van der Waals surface area contributed by atoms with Crippen LogP contribution in [0.25, 0.3) is 0 Å². The van der Waals surface area contributed by atoms with Crippen LogP contribution in [-0.2, 0) is 0 Å². The Morgan fingerprint density at radius 1 is 1.21 bits per heavy atom. The Hall–Kier alpha value is -0.490. The minimum atomic E-state index is 0.420. The lowest BCUT2D eigenvalue weighted by molar-refractivity contribution is 0.343. The minimum absolute atomic E-state index is 0.420. The standard InChI is InChI=1S/C13H17Cl/c1-13(2,3)11-8-10(11)9-6-4-5-7-12(9)14/h4-7,10-11H,8H2,1-3H3/t10-,11+/m1/s1. The molecule has 1 aromatic carbocycles. The molecule has 0 saturated heterocycles. The summed E-state index contributed by atoms with van der Waals surface area (Å²) < 4.78 is 0. The van der Waals surface area contributed by atoms with Crippen LogP contribution in [0.1, 0.15) is 38.7 Å². The third kappa shape index (κ3) is 1.81. The van der Waals surface area contributed by atoms with Gasteiger partial charge < -0.3 is 0 Å². The fourth-order valence-electron chi connectivity index (χ4n) is 2.27. The van der Waals surface area contributed by atoms with Crippen molar-refractivity contribution >= 4 is 11.6 Å². The molecular weight excluding hydrogens is 192 g/mol. The van der Waals surface area contributed by atoms with Crippen molar-refractivity contribution < 1.29 is 0 Å². The second kappa shape index (κ2) is 3.27. The van der Waals surface area contributed by atoms with Gasteiger partial charge in [0.15, 0.2) is 0 Å². The van der Waals surface area contributed by atoms with E-state index in [-0.39, 0.29) is 0 Å². The van der Waals surface area contributed by atoms with Crippen molar-refractivity contribution in [2.75, 3.05) is 0 Å². The zero-order valence-electron chi connectivity index (χ0n) is 9.05. The molecule has 0 spiro atoms. The molecular formula is C13H17Cl. The summed E-state index contributed by atoms with van der Waals surface area (Å²) in [5.41, 5.74) is 1.76. The Balaban J connectivity index is 2.18. The average molecular weight is 209 g/mol. The molecule has 0 unspecified atom stereocenters. The van der Waals surface area contributed by atoms with Crippen LogP contribution in [0.4, 0.5) is 0 Å². The quantitative estimate of drug-likeness (QED) is 0.638. The van der Waals surface area contributed by atoms with Gasteiger partial charge in [-0.25, -0.2) is 0 Å². The maximum absolute atomic E-state index is 6.17. The lowest BCUT2D eigenvalue weighted by atomic mass is 9.88. The molecule has 1 aliphatic carbocycles. The van der Waals surface area contributed by atoms with Gasteiger partial charge in [-0.3, -0.25) is 0 Å². The Kier molecular flexibility index (Phi) is 2.35. The maximum Gasteiger partial charge on any atom is 0.0440 e. The molecule has 14 heavy (non-hydrogen) atoms. The van der Waals surface area contributed by atoms with Gasteiger partial charge in [0.1, 0.15) is 0 Å². The van der Waals surface area contributed by atoms with Crippen molar-refractivity contribution in [2.45, 2.75) is 33.1 Å². The molecule has 2 atom stereocenters. The molecule has 0 aromatic heterocycles. The highest BCUT2D eigenvalue weighted by Crippen LogP contribution is 2.57. The molecule has 2 rings (SSSR count). The Bertz CT molecular complexity index is 335. The van der Waals surface area contributed by atoms with E-state index in [1.54, 1.807) is 0 Å². The van der Waals surface area contributed by atoms with Gasteiger partial charge in [0.05, 0.1) is 0 Å². The largest absolute Gasteiger partial charge is 0.0840 e. The summed E-state index contributed by atoms with van der Waals surface area (Å²) in [4.78, 5) is 0. The first-order valence-electron chi connectivity index (χ1n) is 5.24. The predicted octanol–water partition coefficient (Wildman–Crippen LogP) is 4.49. The summed E-state index contributed by atoms with van der Waals surface area (Å²) >= 11 is 6.17. The molecule has 0 radical (unpaired) electrons. The summed E-state index contributed by atoms with van der Waals surface area (Å²) in [6.07, 6.45) is 1.30. The molecule has 76 valence electrons. The fraction of sp³-hybridized carbons (Fsp3) is 0.538. The molecule has 0 nitrogen and oxygen atoms in total. The smallest absolute Gasteiger partial charge is 0.0440 e. The lowest BCUT2D eigenvalue weighted by Crippen LogP contribution is -2.08. The number of hydrogen-bond acceptors (Lipinski definition) is 0. The Morgan fingerprint density at radius 3 is 2.36 bits per heavy atom. The maximum atomic E-state index is 6.17. The summed E-state index contributed by atoms with van der Waals surface area (Å²) in [6.45, 7) is 6.94. The first-order chi connectivity index (χ1) is 6.50. The Morgan fingerprint density at radius 2 is 1.86 bits per heavy atom. The summed E-state index contributed by atoms with van der Waals surface area (Å²) in [6, 6.07) is 8.24. The molecule has 0 aliphatic heterocycles. The van der Waals surface area contributed by atoms with Gasteiger partial charge in [-0.05, 0) is 35.3 Å². The van der Waals surface area contributed by atoms with Crippen LogP contribution in [0, 0.1) is 11.3 Å². The second-order valence-corrected chi connectivity index (χ2v) is 5.74. The fourth-order valence-corrected chi connectivity index (χ4v) is 2.55. The highest BCUT2D eigenvalue weighted by atomic mass is 35.5. The number of halogens is 1. The molecule has 1 aliphatic rings. The normalized spacial score (nSPS) is 26.3. The zero-order chi connectivity index (χ0) is 10.3. The van der Waals surface area contributed by atoms with E-state index in [9.17, 15) is 0 Å². The van der Waals surface area contributed by atoms with E-state index in [2.05, 4.69) is 32.9 Å². The average Bonchev–Trinajstić information content (AvgIpc) is 2.83. The molecule has 1 fully saturated rings. The van der Waals surface area contributed by atoms with Gasteiger partial charge in [0.2, 0.25) is 0 Å². The second-order valence-electron chi connectivity index (χ2n) is 5.34. The number of rotatable bonds is 1. The first kappa shape index (κ1) is 10.0. The van der Waals surface area contributed by atoms with Crippen molar-refractivity contribution in [3.63, 3.8) is 0 Å². The van der Waals surface area contributed by atoms with Crippen LogP contribution in [0.5, 0.6) is 0 Å². The van der Waals surface area contributed by atoms with E-state index in [1.165, 1.54) is 12.0 Å². The van der Waals surface area contributed by atoms with Crippen LogP contribution in [0.3, 0.4) is 0 Å². The van der Waals surface area contributed by atoms with Crippen LogP contribution in [0.15, 0.2) is 24.3 Å². The van der Waals surface area contributed by atoms with Gasteiger partial charge in [-0.1, -0.05) is 50.6 Å². The van der Waals surface area contributed by atoms with Crippen molar-refractivity contribution in [3.05, 3.63) is 34.9 Å². The van der Waals surface area contributed by atoms with E-state index < -0.39 is 0 Å². The molecule has 0 N–H and O–H groups in total. The topological polar surface area (TPSA) is 0 Å². The highest BCUT2D eigenvalue weighted by Gasteiger charge is 2.46. The van der Waals surface area contributed by atoms with Crippen LogP contribution in [-0.4, -0.2) is 0 Å². The van der Waals surface area contributed by atoms with Crippen molar-refractivity contribution in [1.29, 1.82) is 0 Å². The number of hydrogen-bond donors (Lipinski definition) is 0. The predicted molar refractivity (Wildman–Crippen MR) is 61.8 cm³/mol. The Labute approximate surface area is 91.3 Å². The monoisotopic (exact) mass is 208 g/mol. The summed E-state index contributed by atoms with van der Waals surface area (Å²) in [5, 5.41) is 0.934. The zero-order valence-corrected chi connectivity index (χ0v) is 9.81. The van der Waals surface area contributed by atoms with Gasteiger partial charge in [-0.2, -0.15) is 0 Å². The van der Waals surface area contributed by atoms with Crippen molar-refractivity contribution in [2.24, 2.45) is 11.3 Å². The van der Waals surface area contributed by atoms with Crippen LogP contribution in [0.2, 0.25) is 5.02 Å². The third-order valence-corrected chi connectivity index (χ3v) is 3.55. The van der Waals surface area contributed by atoms with Gasteiger partial charge in [0.25, 0.3) is 0 Å². The molecule has 0 heterocycles. The van der Waals surface area contributed by atoms with Gasteiger partial charge >= 0.3 is 0 Å². The minimum Gasteiger partial charge on any atom is -0.0840 e. The lowest BCUT2D eigenvalue weighted by Gasteiger charge is -2.18. The van der Waals surface area contributed by atoms with E-state index >= 15 is 0 Å². The van der Waals surface area contributed by atoms with Crippen LogP contribution < -0.4 is 0 Å². The molecule has 1 heteroatoms. The SMILES string of the molecule is CC(C)(C)[C@H]1C[C@@H]1c1ccccc1Cl. The third-order valence-electron chi connectivity index (χ3n) is 3.21. The van der Waals surface area contributed by atoms with E-state index in [1.807, 2.05) is 12.1 Å². The van der Waals surface area contributed by atoms with Crippen molar-refractivity contribution in [1.82, 2.24) is 0 Å². The molecule has 0 bridgehead atoms. The van der Waals surface area contributed by atoms with Crippen molar-refractivity contribution in [3.8, 4) is 0 Å². The molecule has 1 aromatic rings. The highest BCUT2D eigenvalue weighted by molar-refractivity contribution is 6.31. The number of benzene rings is 1. The summed E-state index contributed by atoms with van der Waals surface area (Å²) in [7, 11) is 0. The summed E-state index contributed by atoms with van der Waals surface area (Å²) in [5.74, 6) is 1.51. The van der Waals surface area contributed by atoms with E-state index in [0.29, 0.717) is 11.3 Å². The van der Waals surface area contributed by atoms with Crippen LogP contribution >= 0.6 is 11.6 Å². The van der Waals surface area contributed by atoms with Gasteiger partial charge in [-0.15, -0.1) is 0 Å². The first-order valence-corrected chi connectivity index (χ1v) is 5.62. The molecule has 0 amide bonds. The molecule has 1 saturated carbocycles. The van der Waals surface area contributed by atoms with Gasteiger partial charge in [0, 0.05) is 5.02 Å².